The SMILES string of the molecule is C/C(O)=C(\C)c1cccc(C(=N)N)c1. The molecular weight excluding hydrogens is 176 g/mol. The minimum absolute atomic E-state index is 0.0373. The summed E-state index contributed by atoms with van der Waals surface area (Å²) >= 11 is 0. The third-order valence-electron chi connectivity index (χ3n) is 2.15. The number of nitrogens with one attached hydrogen (secondary N) is 1. The maximum atomic E-state index is 9.30. The van der Waals surface area contributed by atoms with Gasteiger partial charge >= 0.3 is 0 Å². The molecule has 0 fully saturated rings. The van der Waals surface area contributed by atoms with Gasteiger partial charge in [-0.1, -0.05) is 18.2 Å². The van der Waals surface area contributed by atoms with Crippen LogP contribution in [0.5, 0.6) is 0 Å². The predicted molar refractivity (Wildman–Crippen MR) is 58.4 cm³/mol. The van der Waals surface area contributed by atoms with E-state index in [1.54, 1.807) is 19.1 Å². The molecule has 0 amide bonds. The Kier molecular flexibility index (Phi) is 2.92. The first-order valence-corrected chi connectivity index (χ1v) is 4.33. The van der Waals surface area contributed by atoms with E-state index in [-0.39, 0.29) is 11.6 Å². The zero-order chi connectivity index (χ0) is 10.7. The molecule has 0 aliphatic heterocycles. The van der Waals surface area contributed by atoms with Gasteiger partial charge in [0, 0.05) is 5.56 Å². The van der Waals surface area contributed by atoms with Gasteiger partial charge in [-0.25, -0.2) is 0 Å². The van der Waals surface area contributed by atoms with Crippen LogP contribution in [-0.2, 0) is 0 Å². The monoisotopic (exact) mass is 190 g/mol. The van der Waals surface area contributed by atoms with Crippen LogP contribution in [-0.4, -0.2) is 10.9 Å². The zero-order valence-electron chi connectivity index (χ0n) is 8.33. The molecule has 0 bridgehead atoms. The van der Waals surface area contributed by atoms with Crippen molar-refractivity contribution in [3.05, 3.63) is 41.2 Å². The van der Waals surface area contributed by atoms with Crippen molar-refractivity contribution in [3.8, 4) is 0 Å². The van der Waals surface area contributed by atoms with E-state index in [9.17, 15) is 5.11 Å². The molecule has 4 N–H and O–H groups in total. The lowest BCUT2D eigenvalue weighted by Crippen LogP contribution is -2.10. The van der Waals surface area contributed by atoms with Crippen LogP contribution >= 0.6 is 0 Å². The molecule has 0 saturated heterocycles. The lowest BCUT2D eigenvalue weighted by atomic mass is 10.0. The number of hydrogen-bond acceptors (Lipinski definition) is 2. The van der Waals surface area contributed by atoms with Crippen LogP contribution in [0.25, 0.3) is 5.57 Å². The summed E-state index contributed by atoms with van der Waals surface area (Å²) in [7, 11) is 0. The summed E-state index contributed by atoms with van der Waals surface area (Å²) in [4.78, 5) is 0. The number of aliphatic hydroxyl groups is 1. The molecule has 1 aromatic carbocycles. The Morgan fingerprint density at radius 1 is 1.29 bits per heavy atom. The van der Waals surface area contributed by atoms with E-state index in [0.29, 0.717) is 5.56 Å². The number of amidine groups is 1. The molecule has 14 heavy (non-hydrogen) atoms. The number of hydrogen-bond donors (Lipinski definition) is 3. The van der Waals surface area contributed by atoms with Crippen molar-refractivity contribution < 1.29 is 5.11 Å². The van der Waals surface area contributed by atoms with Crippen molar-refractivity contribution in [3.63, 3.8) is 0 Å². The number of rotatable bonds is 2. The molecule has 74 valence electrons. The minimum atomic E-state index is 0.0373. The highest BCUT2D eigenvalue weighted by molar-refractivity contribution is 5.95. The molecule has 0 radical (unpaired) electrons. The molecule has 0 aromatic heterocycles. The van der Waals surface area contributed by atoms with E-state index in [0.717, 1.165) is 11.1 Å². The van der Waals surface area contributed by atoms with Crippen LogP contribution in [0.2, 0.25) is 0 Å². The molecule has 3 heteroatoms. The van der Waals surface area contributed by atoms with Gasteiger partial charge in [0.05, 0.1) is 5.76 Å². The quantitative estimate of drug-likeness (QED) is 0.380. The lowest BCUT2D eigenvalue weighted by molar-refractivity contribution is 0.416. The molecule has 1 aromatic rings. The van der Waals surface area contributed by atoms with Crippen LogP contribution in [0.3, 0.4) is 0 Å². The van der Waals surface area contributed by atoms with Crippen molar-refractivity contribution in [1.29, 1.82) is 5.41 Å². The number of nitrogens with two attached hydrogens (primary N) is 1. The Labute approximate surface area is 83.4 Å². The highest BCUT2D eigenvalue weighted by Crippen LogP contribution is 2.17. The highest BCUT2D eigenvalue weighted by Gasteiger charge is 2.02. The van der Waals surface area contributed by atoms with Crippen molar-refractivity contribution in [2.45, 2.75) is 13.8 Å². The molecular formula is C11H14N2O. The number of allylic oxidation sites excluding steroid dienone is 2. The first-order valence-electron chi connectivity index (χ1n) is 4.33. The summed E-state index contributed by atoms with van der Waals surface area (Å²) in [5, 5.41) is 16.6. The van der Waals surface area contributed by atoms with Gasteiger partial charge in [-0.15, -0.1) is 0 Å². The fourth-order valence-electron chi connectivity index (χ4n) is 1.13. The zero-order valence-corrected chi connectivity index (χ0v) is 8.33. The molecule has 1 rings (SSSR count). The summed E-state index contributed by atoms with van der Waals surface area (Å²) in [5.41, 5.74) is 7.72. The fraction of sp³-hybridized carbons (Fsp3) is 0.182. The average molecular weight is 190 g/mol. The van der Waals surface area contributed by atoms with Crippen molar-refractivity contribution in [1.82, 2.24) is 0 Å². The largest absolute Gasteiger partial charge is 0.512 e. The molecule has 0 aliphatic carbocycles. The Balaban J connectivity index is 3.19. The molecule has 0 atom stereocenters. The Hall–Kier alpha value is -1.77. The number of benzene rings is 1. The maximum absolute atomic E-state index is 9.30. The number of nitrogen functional groups attached to an aromatic ring is 1. The summed E-state index contributed by atoms with van der Waals surface area (Å²) in [6, 6.07) is 7.25. The highest BCUT2D eigenvalue weighted by atomic mass is 16.3. The van der Waals surface area contributed by atoms with Gasteiger partial charge in [0.25, 0.3) is 0 Å². The summed E-state index contributed by atoms with van der Waals surface area (Å²) in [5.74, 6) is 0.320. The molecule has 0 unspecified atom stereocenters. The van der Waals surface area contributed by atoms with Crippen molar-refractivity contribution >= 4 is 11.4 Å². The van der Waals surface area contributed by atoms with E-state index in [1.165, 1.54) is 0 Å². The van der Waals surface area contributed by atoms with Crippen LogP contribution in [0.4, 0.5) is 0 Å². The van der Waals surface area contributed by atoms with Crippen molar-refractivity contribution in [2.24, 2.45) is 5.73 Å². The van der Waals surface area contributed by atoms with Gasteiger partial charge in [-0.05, 0) is 31.1 Å². The first-order chi connectivity index (χ1) is 6.52. The normalized spacial score (nSPS) is 12.1. The van der Waals surface area contributed by atoms with E-state index < -0.39 is 0 Å². The molecule has 0 heterocycles. The van der Waals surface area contributed by atoms with Crippen LogP contribution in [0.15, 0.2) is 30.0 Å². The van der Waals surface area contributed by atoms with Gasteiger partial charge in [-0.3, -0.25) is 5.41 Å². The number of aliphatic hydroxyl groups excluding tert-OH is 1. The van der Waals surface area contributed by atoms with Gasteiger partial charge in [-0.2, -0.15) is 0 Å². The topological polar surface area (TPSA) is 70.1 Å². The van der Waals surface area contributed by atoms with Crippen LogP contribution in [0.1, 0.15) is 25.0 Å². The summed E-state index contributed by atoms with van der Waals surface area (Å²) in [6.45, 7) is 3.46. The van der Waals surface area contributed by atoms with Gasteiger partial charge in [0.1, 0.15) is 5.84 Å². The Morgan fingerprint density at radius 3 is 2.36 bits per heavy atom. The molecule has 3 nitrogen and oxygen atoms in total. The van der Waals surface area contributed by atoms with Gasteiger partial charge in [0.2, 0.25) is 0 Å². The molecule has 0 aliphatic rings. The van der Waals surface area contributed by atoms with E-state index in [2.05, 4.69) is 0 Å². The minimum Gasteiger partial charge on any atom is -0.512 e. The first kappa shape index (κ1) is 10.3. The Bertz CT molecular complexity index is 390. The predicted octanol–water partition coefficient (Wildman–Crippen LogP) is 2.28. The Morgan fingerprint density at radius 2 is 1.86 bits per heavy atom. The molecule has 0 spiro atoms. The van der Waals surface area contributed by atoms with Gasteiger partial charge in [0.15, 0.2) is 0 Å². The second-order valence-corrected chi connectivity index (χ2v) is 3.20. The van der Waals surface area contributed by atoms with Gasteiger partial charge < -0.3 is 10.8 Å². The standard InChI is InChI=1S/C11H14N2O/c1-7(8(2)14)9-4-3-5-10(6-9)11(12)13/h3-6,14H,1-2H3,(H3,12,13)/b8-7-. The fourth-order valence-corrected chi connectivity index (χ4v) is 1.13. The average Bonchev–Trinajstić information content (AvgIpc) is 2.16. The second-order valence-electron chi connectivity index (χ2n) is 3.20. The van der Waals surface area contributed by atoms with E-state index in [4.69, 9.17) is 11.1 Å². The summed E-state index contributed by atoms with van der Waals surface area (Å²) < 4.78 is 0. The van der Waals surface area contributed by atoms with Crippen molar-refractivity contribution in [2.75, 3.05) is 0 Å². The van der Waals surface area contributed by atoms with E-state index >= 15 is 0 Å². The third kappa shape index (κ3) is 2.13. The third-order valence-corrected chi connectivity index (χ3v) is 2.15. The van der Waals surface area contributed by atoms with E-state index in [1.807, 2.05) is 19.1 Å². The smallest absolute Gasteiger partial charge is 0.122 e. The second kappa shape index (κ2) is 3.96. The van der Waals surface area contributed by atoms with Crippen LogP contribution in [0, 0.1) is 5.41 Å². The maximum Gasteiger partial charge on any atom is 0.122 e. The lowest BCUT2D eigenvalue weighted by Gasteiger charge is -2.05. The molecule has 0 saturated carbocycles. The van der Waals surface area contributed by atoms with Crippen LogP contribution < -0.4 is 5.73 Å². The summed E-state index contributed by atoms with van der Waals surface area (Å²) in [6.07, 6.45) is 0.